The van der Waals surface area contributed by atoms with Gasteiger partial charge in [0.15, 0.2) is 5.82 Å². The van der Waals surface area contributed by atoms with Crippen LogP contribution in [0.4, 0.5) is 0 Å². The molecule has 0 saturated carbocycles. The maximum absolute atomic E-state index is 5.97. The summed E-state index contributed by atoms with van der Waals surface area (Å²) in [7, 11) is 0. The molecule has 1 aromatic carbocycles. The van der Waals surface area contributed by atoms with Crippen LogP contribution in [0.2, 0.25) is 0 Å². The Hall–Kier alpha value is -1.72. The predicted octanol–water partition coefficient (Wildman–Crippen LogP) is 1.82. The monoisotopic (exact) mass is 272 g/mol. The van der Waals surface area contributed by atoms with E-state index >= 15 is 0 Å². The number of fused-ring (bicyclic) bond motifs is 1. The van der Waals surface area contributed by atoms with Gasteiger partial charge in [0.05, 0.1) is 12.1 Å². The van der Waals surface area contributed by atoms with Gasteiger partial charge in [0.2, 0.25) is 5.89 Å². The van der Waals surface area contributed by atoms with Crippen molar-refractivity contribution >= 4 is 0 Å². The van der Waals surface area contributed by atoms with E-state index in [-0.39, 0.29) is 0 Å². The van der Waals surface area contributed by atoms with Gasteiger partial charge in [-0.05, 0) is 31.4 Å². The third-order valence-electron chi connectivity index (χ3n) is 3.61. The van der Waals surface area contributed by atoms with Crippen molar-refractivity contribution in [2.45, 2.75) is 38.9 Å². The van der Waals surface area contributed by atoms with E-state index in [1.807, 2.05) is 13.8 Å². The van der Waals surface area contributed by atoms with Crippen molar-refractivity contribution in [2.75, 3.05) is 6.54 Å². The van der Waals surface area contributed by atoms with Crippen molar-refractivity contribution in [3.8, 4) is 0 Å². The highest BCUT2D eigenvalue weighted by Crippen LogP contribution is 2.20. The van der Waals surface area contributed by atoms with Crippen LogP contribution in [-0.4, -0.2) is 21.6 Å². The topological polar surface area (TPSA) is 68.2 Å². The molecule has 0 radical (unpaired) electrons. The highest BCUT2D eigenvalue weighted by atomic mass is 16.5. The fraction of sp³-hybridized carbons (Fsp3) is 0.467. The lowest BCUT2D eigenvalue weighted by Crippen LogP contribution is -2.31. The van der Waals surface area contributed by atoms with Crippen molar-refractivity contribution in [2.24, 2.45) is 5.73 Å². The molecule has 2 N–H and O–H groups in total. The second-order valence-electron chi connectivity index (χ2n) is 5.96. The van der Waals surface area contributed by atoms with E-state index < -0.39 is 5.54 Å². The van der Waals surface area contributed by atoms with Crippen LogP contribution in [0.25, 0.3) is 0 Å². The standard InChI is InChI=1S/C15H20N4O/c1-15(2,16)14-17-13(20-18-14)10-19-8-7-11-5-3-4-6-12(11)9-19/h3-6H,7-10,16H2,1-2H3. The highest BCUT2D eigenvalue weighted by Gasteiger charge is 2.23. The second kappa shape index (κ2) is 5.00. The fourth-order valence-corrected chi connectivity index (χ4v) is 2.46. The minimum absolute atomic E-state index is 0.559. The largest absolute Gasteiger partial charge is 0.338 e. The van der Waals surface area contributed by atoms with Gasteiger partial charge in [-0.1, -0.05) is 29.4 Å². The van der Waals surface area contributed by atoms with E-state index in [1.54, 1.807) is 0 Å². The first kappa shape index (κ1) is 13.3. The van der Waals surface area contributed by atoms with E-state index in [9.17, 15) is 0 Å². The number of benzene rings is 1. The zero-order valence-corrected chi connectivity index (χ0v) is 12.0. The summed E-state index contributed by atoms with van der Waals surface area (Å²) in [4.78, 5) is 6.71. The number of hydrogen-bond donors (Lipinski definition) is 1. The summed E-state index contributed by atoms with van der Waals surface area (Å²) in [5.74, 6) is 1.20. The molecule has 0 amide bonds. The van der Waals surface area contributed by atoms with Crippen LogP contribution >= 0.6 is 0 Å². The zero-order valence-electron chi connectivity index (χ0n) is 12.0. The van der Waals surface area contributed by atoms with Gasteiger partial charge in [0.1, 0.15) is 0 Å². The lowest BCUT2D eigenvalue weighted by atomic mass is 10.00. The van der Waals surface area contributed by atoms with Crippen molar-refractivity contribution < 1.29 is 4.52 Å². The number of nitrogens with two attached hydrogens (primary N) is 1. The van der Waals surface area contributed by atoms with Gasteiger partial charge in [-0.15, -0.1) is 0 Å². The first-order valence-corrected chi connectivity index (χ1v) is 6.93. The molecule has 20 heavy (non-hydrogen) atoms. The number of aromatic nitrogens is 2. The maximum atomic E-state index is 5.97. The Morgan fingerprint density at radius 1 is 1.30 bits per heavy atom. The average Bonchev–Trinajstić information content (AvgIpc) is 2.87. The van der Waals surface area contributed by atoms with E-state index in [0.29, 0.717) is 18.3 Å². The average molecular weight is 272 g/mol. The van der Waals surface area contributed by atoms with E-state index in [4.69, 9.17) is 10.3 Å². The Kier molecular flexibility index (Phi) is 3.31. The predicted molar refractivity (Wildman–Crippen MR) is 75.8 cm³/mol. The maximum Gasteiger partial charge on any atom is 0.240 e. The van der Waals surface area contributed by atoms with E-state index in [2.05, 4.69) is 39.3 Å². The summed E-state index contributed by atoms with van der Waals surface area (Å²) >= 11 is 0. The summed E-state index contributed by atoms with van der Waals surface area (Å²) in [6.45, 7) is 6.37. The van der Waals surface area contributed by atoms with Gasteiger partial charge in [-0.25, -0.2) is 0 Å². The van der Waals surface area contributed by atoms with Gasteiger partial charge < -0.3 is 10.3 Å². The lowest BCUT2D eigenvalue weighted by Gasteiger charge is -2.27. The zero-order chi connectivity index (χ0) is 14.2. The normalized spacial score (nSPS) is 16.1. The fourth-order valence-electron chi connectivity index (χ4n) is 2.46. The molecule has 0 saturated heterocycles. The first-order valence-electron chi connectivity index (χ1n) is 6.93. The molecule has 0 unspecified atom stereocenters. The van der Waals surface area contributed by atoms with Gasteiger partial charge in [0, 0.05) is 13.1 Å². The lowest BCUT2D eigenvalue weighted by molar-refractivity contribution is 0.210. The smallest absolute Gasteiger partial charge is 0.240 e. The summed E-state index contributed by atoms with van der Waals surface area (Å²) < 4.78 is 5.30. The van der Waals surface area contributed by atoms with Crippen molar-refractivity contribution in [3.05, 3.63) is 47.1 Å². The molecule has 0 fully saturated rings. The van der Waals surface area contributed by atoms with Crippen molar-refractivity contribution in [1.82, 2.24) is 15.0 Å². The van der Waals surface area contributed by atoms with Crippen LogP contribution in [0.15, 0.2) is 28.8 Å². The molecule has 106 valence electrons. The van der Waals surface area contributed by atoms with Crippen LogP contribution in [-0.2, 0) is 25.0 Å². The Morgan fingerprint density at radius 2 is 2.05 bits per heavy atom. The third kappa shape index (κ3) is 2.73. The molecule has 0 bridgehead atoms. The molecule has 5 heteroatoms. The van der Waals surface area contributed by atoms with Crippen LogP contribution < -0.4 is 5.73 Å². The Balaban J connectivity index is 1.69. The summed E-state index contributed by atoms with van der Waals surface area (Å²) in [5.41, 5.74) is 8.24. The molecule has 0 spiro atoms. The summed E-state index contributed by atoms with van der Waals surface area (Å²) in [5, 5.41) is 3.96. The number of hydrogen-bond acceptors (Lipinski definition) is 5. The Bertz CT molecular complexity index is 600. The highest BCUT2D eigenvalue weighted by molar-refractivity contribution is 5.29. The quantitative estimate of drug-likeness (QED) is 0.923. The van der Waals surface area contributed by atoms with E-state index in [1.165, 1.54) is 11.1 Å². The Labute approximate surface area is 118 Å². The Morgan fingerprint density at radius 3 is 2.75 bits per heavy atom. The molecule has 0 atom stereocenters. The molecule has 2 aromatic rings. The molecular weight excluding hydrogens is 252 g/mol. The van der Waals surface area contributed by atoms with Crippen LogP contribution in [0.3, 0.4) is 0 Å². The van der Waals surface area contributed by atoms with Gasteiger partial charge in [-0.3, -0.25) is 4.90 Å². The van der Waals surface area contributed by atoms with Crippen molar-refractivity contribution in [3.63, 3.8) is 0 Å². The molecule has 3 rings (SSSR count). The van der Waals surface area contributed by atoms with Gasteiger partial charge in [-0.2, -0.15) is 4.98 Å². The number of nitrogens with zero attached hydrogens (tertiary/aromatic N) is 3. The summed E-state index contributed by atoms with van der Waals surface area (Å²) in [6, 6.07) is 8.57. The molecular formula is C15H20N4O. The van der Waals surface area contributed by atoms with Crippen molar-refractivity contribution in [1.29, 1.82) is 0 Å². The minimum atomic E-state index is -0.559. The van der Waals surface area contributed by atoms with Crippen LogP contribution in [0, 0.1) is 0 Å². The first-order chi connectivity index (χ1) is 9.52. The molecule has 1 aromatic heterocycles. The summed E-state index contributed by atoms with van der Waals surface area (Å²) in [6.07, 6.45) is 1.07. The minimum Gasteiger partial charge on any atom is -0.338 e. The second-order valence-corrected chi connectivity index (χ2v) is 5.96. The number of rotatable bonds is 3. The molecule has 2 heterocycles. The van der Waals surface area contributed by atoms with Crippen LogP contribution in [0.1, 0.15) is 36.7 Å². The molecule has 0 aliphatic carbocycles. The van der Waals surface area contributed by atoms with E-state index in [0.717, 1.165) is 19.5 Å². The third-order valence-corrected chi connectivity index (χ3v) is 3.61. The molecule has 1 aliphatic heterocycles. The SMILES string of the molecule is CC(C)(N)c1noc(CN2CCc3ccccc3C2)n1. The van der Waals surface area contributed by atoms with Gasteiger partial charge >= 0.3 is 0 Å². The molecule has 5 nitrogen and oxygen atoms in total. The molecule has 1 aliphatic rings. The van der Waals surface area contributed by atoms with Gasteiger partial charge in [0.25, 0.3) is 0 Å². The van der Waals surface area contributed by atoms with Crippen LogP contribution in [0.5, 0.6) is 0 Å².